The van der Waals surface area contributed by atoms with Gasteiger partial charge in [0.1, 0.15) is 0 Å². The zero-order valence-corrected chi connectivity index (χ0v) is 13.9. The van der Waals surface area contributed by atoms with Crippen molar-refractivity contribution in [2.75, 3.05) is 12.4 Å². The van der Waals surface area contributed by atoms with E-state index in [4.69, 9.17) is 10.5 Å². The Labute approximate surface area is 140 Å². The predicted octanol–water partition coefficient (Wildman–Crippen LogP) is 0.435. The maximum atomic E-state index is 9.98. The molecule has 4 rings (SSSR count). The van der Waals surface area contributed by atoms with Crippen molar-refractivity contribution < 1.29 is 9.73 Å². The van der Waals surface area contributed by atoms with Crippen molar-refractivity contribution in [1.29, 1.82) is 10.5 Å². The van der Waals surface area contributed by atoms with E-state index in [9.17, 15) is 10.5 Å². The third-order valence-corrected chi connectivity index (χ3v) is 6.75. The first-order chi connectivity index (χ1) is 10.6. The first-order valence-electron chi connectivity index (χ1n) is 6.85. The van der Waals surface area contributed by atoms with Gasteiger partial charge in [-0.15, -0.1) is 0 Å². The van der Waals surface area contributed by atoms with E-state index in [2.05, 4.69) is 33.1 Å². The highest BCUT2D eigenvalue weighted by Gasteiger charge is 2.96. The van der Waals surface area contributed by atoms with Crippen LogP contribution in [0.1, 0.15) is 11.5 Å². The van der Waals surface area contributed by atoms with Gasteiger partial charge in [0.15, 0.2) is 10.8 Å². The number of fused-ring (bicyclic) bond motifs is 2. The number of halogens is 1. The summed E-state index contributed by atoms with van der Waals surface area (Å²) >= 11 is 4.94. The Morgan fingerprint density at radius 2 is 2.05 bits per heavy atom. The molecule has 0 amide bonds. The molecule has 1 aromatic rings. The molecule has 3 aliphatic rings. The normalized spacial score (nSPS) is 41.6. The number of nitriles is 2. The van der Waals surface area contributed by atoms with Crippen LogP contribution in [0.4, 0.5) is 0 Å². The number of amidine groups is 1. The van der Waals surface area contributed by atoms with Crippen molar-refractivity contribution in [3.05, 3.63) is 34.3 Å². The molecule has 110 valence electrons. The van der Waals surface area contributed by atoms with Gasteiger partial charge in [-0.1, -0.05) is 39.8 Å². The lowest BCUT2D eigenvalue weighted by Crippen LogP contribution is -2.88. The minimum Gasteiger partial charge on any atom is -0.327 e. The minimum atomic E-state index is -1.03. The van der Waals surface area contributed by atoms with Crippen LogP contribution in [0.5, 0.6) is 0 Å². The van der Waals surface area contributed by atoms with E-state index in [-0.39, 0.29) is 5.92 Å². The van der Waals surface area contributed by atoms with Gasteiger partial charge >= 0.3 is 0 Å². The number of nitrogens with two attached hydrogens (primary N) is 1. The van der Waals surface area contributed by atoms with Gasteiger partial charge in [0.25, 0.3) is 10.9 Å². The molecule has 1 saturated carbocycles. The maximum Gasteiger partial charge on any atom is 0.277 e. The lowest BCUT2D eigenvalue weighted by atomic mass is 9.95. The second-order valence-corrected chi connectivity index (χ2v) is 7.86. The maximum absolute atomic E-state index is 9.98. The van der Waals surface area contributed by atoms with Crippen LogP contribution in [0, 0.1) is 33.5 Å². The summed E-state index contributed by atoms with van der Waals surface area (Å²) < 4.78 is 6.84. The van der Waals surface area contributed by atoms with E-state index in [0.717, 1.165) is 15.8 Å². The number of nitrogens with one attached hydrogen (secondary N) is 1. The minimum absolute atomic E-state index is 0.282. The van der Waals surface area contributed by atoms with Crippen molar-refractivity contribution in [3.8, 4) is 12.1 Å². The first kappa shape index (κ1) is 14.1. The molecule has 0 bridgehead atoms. The highest BCUT2D eigenvalue weighted by Crippen LogP contribution is 2.80. The molecular weight excluding hydrogens is 364 g/mol. The molecule has 7 heteroatoms. The molecule has 22 heavy (non-hydrogen) atoms. The Balaban J connectivity index is 1.92. The number of benzene rings is 1. The smallest absolute Gasteiger partial charge is 0.277 e. The zero-order valence-electron chi connectivity index (χ0n) is 11.5. The van der Waals surface area contributed by atoms with Gasteiger partial charge < -0.3 is 4.74 Å². The zero-order chi connectivity index (χ0) is 15.6. The van der Waals surface area contributed by atoms with Crippen LogP contribution >= 0.6 is 27.7 Å². The van der Waals surface area contributed by atoms with E-state index in [1.807, 2.05) is 24.3 Å². The monoisotopic (exact) mass is 375 g/mol. The molecule has 2 heterocycles. The van der Waals surface area contributed by atoms with Crippen LogP contribution < -0.4 is 10.7 Å². The van der Waals surface area contributed by atoms with E-state index in [1.54, 1.807) is 0 Å². The number of hydrogen-bond donors (Lipinski definition) is 2. The van der Waals surface area contributed by atoms with Crippen LogP contribution in [-0.4, -0.2) is 23.3 Å². The molecule has 1 spiro atoms. The van der Waals surface area contributed by atoms with Crippen LogP contribution in [0.15, 0.2) is 28.7 Å². The molecule has 1 saturated heterocycles. The van der Waals surface area contributed by atoms with Crippen molar-refractivity contribution in [3.63, 3.8) is 0 Å². The van der Waals surface area contributed by atoms with Gasteiger partial charge in [-0.25, -0.2) is 4.99 Å². The van der Waals surface area contributed by atoms with Gasteiger partial charge in [-0.05, 0) is 17.7 Å². The summed E-state index contributed by atoms with van der Waals surface area (Å²) in [5, 5.41) is 18.9. The lowest BCUT2D eigenvalue weighted by molar-refractivity contribution is -0.583. The summed E-state index contributed by atoms with van der Waals surface area (Å²) in [4.78, 5) is 3.10. The van der Waals surface area contributed by atoms with E-state index >= 15 is 0 Å². The third kappa shape index (κ3) is 1.27. The summed E-state index contributed by atoms with van der Waals surface area (Å²) in [5.41, 5.74) is 5.08. The summed E-state index contributed by atoms with van der Waals surface area (Å²) in [6.07, 6.45) is 0. The molecule has 2 fully saturated rings. The second kappa shape index (κ2) is 4.26. The van der Waals surface area contributed by atoms with Crippen molar-refractivity contribution >= 4 is 33.5 Å². The molecule has 0 radical (unpaired) electrons. The Kier molecular flexibility index (Phi) is 2.73. The predicted molar refractivity (Wildman–Crippen MR) is 84.3 cm³/mol. The number of thioether (sulfide) groups is 1. The highest BCUT2D eigenvalue weighted by atomic mass is 79.9. The standard InChI is InChI=1S/C15H11BrN4OS/c16-10-3-1-9(2-4-10)11-13(7-17)12(19)20-15(14(11,13)8-18)21-5-6-22-15/h1-4,11H,5-6H2,(H2,19,20)/p+1/t11-,13-,14-,15-/m1/s1. The SMILES string of the molecule is N#C[C@@]12[C@H](c3ccc(Br)cc3)[C@]1(C#N)C(N)=[NH+][C@@]21OCCS1. The number of ether oxygens (including phenoxy) is 1. The summed E-state index contributed by atoms with van der Waals surface area (Å²) in [7, 11) is 0. The molecule has 1 aromatic carbocycles. The van der Waals surface area contributed by atoms with Gasteiger partial charge in [-0.2, -0.15) is 10.5 Å². The van der Waals surface area contributed by atoms with E-state index in [1.165, 1.54) is 11.8 Å². The average Bonchev–Trinajstić information content (AvgIpc) is 2.77. The van der Waals surface area contributed by atoms with Crippen LogP contribution in [-0.2, 0) is 4.74 Å². The molecule has 3 N–H and O–H groups in total. The van der Waals surface area contributed by atoms with Crippen molar-refractivity contribution in [2.45, 2.75) is 11.0 Å². The molecular formula is C15H12BrN4OS+. The molecule has 1 aliphatic carbocycles. The highest BCUT2D eigenvalue weighted by molar-refractivity contribution is 9.10. The summed E-state index contributed by atoms with van der Waals surface area (Å²) in [5.74, 6) is 0.840. The van der Waals surface area contributed by atoms with Crippen molar-refractivity contribution in [2.24, 2.45) is 16.6 Å². The molecule has 5 nitrogen and oxygen atoms in total. The fraction of sp³-hybridized carbons (Fsp3) is 0.400. The number of nitrogens with zero attached hydrogens (tertiary/aromatic N) is 2. The average molecular weight is 376 g/mol. The summed E-state index contributed by atoms with van der Waals surface area (Å²) in [6, 6.07) is 12.4. The Bertz CT molecular complexity index is 774. The van der Waals surface area contributed by atoms with Crippen LogP contribution in [0.25, 0.3) is 0 Å². The first-order valence-corrected chi connectivity index (χ1v) is 8.63. The van der Waals surface area contributed by atoms with Gasteiger partial charge in [-0.3, -0.25) is 5.73 Å². The fourth-order valence-corrected chi connectivity index (χ4v) is 5.59. The lowest BCUT2D eigenvalue weighted by Gasteiger charge is -2.23. The fourth-order valence-electron chi connectivity index (χ4n) is 3.97. The molecule has 0 aromatic heterocycles. The molecule has 2 aliphatic heterocycles. The van der Waals surface area contributed by atoms with Crippen LogP contribution in [0.3, 0.4) is 0 Å². The van der Waals surface area contributed by atoms with Crippen molar-refractivity contribution in [1.82, 2.24) is 0 Å². The quantitative estimate of drug-likeness (QED) is 0.741. The van der Waals surface area contributed by atoms with Gasteiger partial charge in [0.05, 0.1) is 18.7 Å². The summed E-state index contributed by atoms with van der Waals surface area (Å²) in [6.45, 7) is 0.545. The third-order valence-electron chi connectivity index (χ3n) is 4.90. The van der Waals surface area contributed by atoms with Gasteiger partial charge in [0, 0.05) is 16.1 Å². The number of hydrogen-bond acceptors (Lipinski definition) is 5. The van der Waals surface area contributed by atoms with E-state index in [0.29, 0.717) is 12.4 Å². The Hall–Kier alpha value is -1.54. The number of rotatable bonds is 1. The van der Waals surface area contributed by atoms with E-state index < -0.39 is 15.9 Å². The molecule has 0 unspecified atom stereocenters. The topological polar surface area (TPSA) is 96.8 Å². The molecule has 4 atom stereocenters. The second-order valence-electron chi connectivity index (χ2n) is 5.68. The van der Waals surface area contributed by atoms with Gasteiger partial charge in [0.2, 0.25) is 0 Å². The largest absolute Gasteiger partial charge is 0.327 e. The Morgan fingerprint density at radius 3 is 2.59 bits per heavy atom. The van der Waals surface area contributed by atoms with Crippen LogP contribution in [0.2, 0.25) is 0 Å². The Morgan fingerprint density at radius 1 is 1.32 bits per heavy atom.